The summed E-state index contributed by atoms with van der Waals surface area (Å²) in [5, 5.41) is 12.1. The van der Waals surface area contributed by atoms with Crippen LogP contribution < -0.4 is 5.73 Å². The fourth-order valence-corrected chi connectivity index (χ4v) is 4.14. The van der Waals surface area contributed by atoms with E-state index in [1.165, 1.54) is 0 Å². The second-order valence-electron chi connectivity index (χ2n) is 6.35. The lowest BCUT2D eigenvalue weighted by Gasteiger charge is -2.34. The van der Waals surface area contributed by atoms with Crippen molar-refractivity contribution in [3.8, 4) is 0 Å². The molecule has 0 amide bonds. The van der Waals surface area contributed by atoms with E-state index in [4.69, 9.17) is 5.73 Å². The van der Waals surface area contributed by atoms with Crippen LogP contribution in [0.2, 0.25) is 0 Å². The zero-order valence-electron chi connectivity index (χ0n) is 12.2. The Kier molecular flexibility index (Phi) is 4.04. The highest BCUT2D eigenvalue weighted by molar-refractivity contribution is 9.10. The van der Waals surface area contributed by atoms with Gasteiger partial charge in [0.2, 0.25) is 0 Å². The molecule has 1 aliphatic rings. The van der Waals surface area contributed by atoms with Crippen LogP contribution in [0.1, 0.15) is 37.9 Å². The molecule has 0 saturated heterocycles. The van der Waals surface area contributed by atoms with Gasteiger partial charge in [-0.25, -0.2) is 0 Å². The molecular formula is C17H21BrN2O. The van der Waals surface area contributed by atoms with Crippen molar-refractivity contribution in [3.05, 3.63) is 40.5 Å². The van der Waals surface area contributed by atoms with Crippen molar-refractivity contribution >= 4 is 26.8 Å². The number of fused-ring (bicyclic) bond motifs is 1. The van der Waals surface area contributed by atoms with E-state index in [-0.39, 0.29) is 5.41 Å². The molecule has 21 heavy (non-hydrogen) atoms. The first-order valence-electron chi connectivity index (χ1n) is 7.49. The molecule has 2 aromatic rings. The number of aromatic nitrogens is 1. The summed E-state index contributed by atoms with van der Waals surface area (Å²) in [5.74, 6) is 0.623. The third-order valence-electron chi connectivity index (χ3n) is 4.92. The molecule has 1 aromatic carbocycles. The molecule has 0 radical (unpaired) electrons. The maximum Gasteiger partial charge on any atom is 0.0879 e. The number of aliphatic hydroxyl groups is 1. The smallest absolute Gasteiger partial charge is 0.0879 e. The molecule has 112 valence electrons. The number of nitrogens with zero attached hydrogens (tertiary/aromatic N) is 1. The fourth-order valence-electron chi connectivity index (χ4n) is 3.69. The fraction of sp³-hybridized carbons (Fsp3) is 0.471. The molecule has 1 saturated carbocycles. The highest BCUT2D eigenvalue weighted by Gasteiger charge is 2.43. The number of aliphatic hydroxyl groups excluding tert-OH is 1. The molecule has 3 nitrogen and oxygen atoms in total. The first-order chi connectivity index (χ1) is 10.1. The second-order valence-corrected chi connectivity index (χ2v) is 7.21. The average Bonchev–Trinajstić information content (AvgIpc) is 2.90. The summed E-state index contributed by atoms with van der Waals surface area (Å²) in [5.41, 5.74) is 7.61. The van der Waals surface area contributed by atoms with Crippen molar-refractivity contribution in [1.29, 1.82) is 0 Å². The molecule has 1 fully saturated rings. The minimum Gasteiger partial charge on any atom is -0.388 e. The van der Waals surface area contributed by atoms with Gasteiger partial charge >= 0.3 is 0 Å². The Balaban J connectivity index is 2.10. The molecule has 1 aromatic heterocycles. The van der Waals surface area contributed by atoms with Gasteiger partial charge in [0.1, 0.15) is 0 Å². The van der Waals surface area contributed by atoms with E-state index >= 15 is 0 Å². The van der Waals surface area contributed by atoms with Gasteiger partial charge in [-0.15, -0.1) is 0 Å². The van der Waals surface area contributed by atoms with Crippen LogP contribution in [-0.4, -0.2) is 16.6 Å². The maximum atomic E-state index is 11.0. The molecule has 3 unspecified atom stereocenters. The molecule has 0 aliphatic heterocycles. The van der Waals surface area contributed by atoms with E-state index in [1.54, 1.807) is 6.20 Å². The number of hydrogen-bond donors (Lipinski definition) is 2. The lowest BCUT2D eigenvalue weighted by molar-refractivity contribution is 0.0318. The standard InChI is InChI=1S/C17H21BrN2O/c1-11-6-7-17(9-11,10-19)16(21)13-4-5-14(18)12-3-2-8-20-15(12)13/h2-5,8,11,16,21H,6-7,9-10,19H2,1H3. The van der Waals surface area contributed by atoms with Gasteiger partial charge in [0, 0.05) is 33.6 Å². The Morgan fingerprint density at radius 2 is 2.29 bits per heavy atom. The van der Waals surface area contributed by atoms with E-state index < -0.39 is 6.10 Å². The van der Waals surface area contributed by atoms with Crippen molar-refractivity contribution in [1.82, 2.24) is 4.98 Å². The van der Waals surface area contributed by atoms with Crippen molar-refractivity contribution in [2.24, 2.45) is 17.1 Å². The Bertz CT molecular complexity index is 660. The number of hydrogen-bond acceptors (Lipinski definition) is 3. The van der Waals surface area contributed by atoms with E-state index in [2.05, 4.69) is 27.8 Å². The lowest BCUT2D eigenvalue weighted by Crippen LogP contribution is -2.34. The number of rotatable bonds is 3. The largest absolute Gasteiger partial charge is 0.388 e. The van der Waals surface area contributed by atoms with Crippen LogP contribution in [0.15, 0.2) is 34.9 Å². The van der Waals surface area contributed by atoms with Crippen molar-refractivity contribution in [3.63, 3.8) is 0 Å². The Labute approximate surface area is 133 Å². The van der Waals surface area contributed by atoms with Crippen LogP contribution in [0.3, 0.4) is 0 Å². The Hall–Kier alpha value is -0.970. The van der Waals surface area contributed by atoms with Gasteiger partial charge in [0.05, 0.1) is 11.6 Å². The van der Waals surface area contributed by atoms with Crippen molar-refractivity contribution in [2.75, 3.05) is 6.54 Å². The molecule has 4 heteroatoms. The normalized spacial score (nSPS) is 27.1. The number of nitrogens with two attached hydrogens (primary N) is 1. The van der Waals surface area contributed by atoms with Crippen LogP contribution in [0.5, 0.6) is 0 Å². The number of benzene rings is 1. The summed E-state index contributed by atoms with van der Waals surface area (Å²) in [4.78, 5) is 4.49. The van der Waals surface area contributed by atoms with Gasteiger partial charge in [-0.2, -0.15) is 0 Å². The lowest BCUT2D eigenvalue weighted by atomic mass is 9.76. The topological polar surface area (TPSA) is 59.1 Å². The molecule has 1 aliphatic carbocycles. The van der Waals surface area contributed by atoms with Crippen LogP contribution >= 0.6 is 15.9 Å². The Morgan fingerprint density at radius 3 is 2.95 bits per heavy atom. The summed E-state index contributed by atoms with van der Waals surface area (Å²) in [6.07, 6.45) is 4.32. The van der Waals surface area contributed by atoms with Crippen LogP contribution in [0.25, 0.3) is 10.9 Å². The highest BCUT2D eigenvalue weighted by Crippen LogP contribution is 2.50. The number of pyridine rings is 1. The molecule has 3 rings (SSSR count). The van der Waals surface area contributed by atoms with E-state index in [0.29, 0.717) is 12.5 Å². The summed E-state index contributed by atoms with van der Waals surface area (Å²) in [6, 6.07) is 7.91. The third-order valence-corrected chi connectivity index (χ3v) is 5.61. The quantitative estimate of drug-likeness (QED) is 0.886. The monoisotopic (exact) mass is 348 g/mol. The van der Waals surface area contributed by atoms with Gasteiger partial charge in [0.15, 0.2) is 0 Å². The minimum atomic E-state index is -0.557. The van der Waals surface area contributed by atoms with Gasteiger partial charge in [-0.05, 0) is 30.9 Å². The molecule has 1 heterocycles. The van der Waals surface area contributed by atoms with Crippen LogP contribution in [-0.2, 0) is 0 Å². The minimum absolute atomic E-state index is 0.211. The third kappa shape index (κ3) is 2.50. The van der Waals surface area contributed by atoms with E-state index in [9.17, 15) is 5.11 Å². The van der Waals surface area contributed by atoms with E-state index in [0.717, 1.165) is 40.2 Å². The predicted molar refractivity (Wildman–Crippen MR) is 88.9 cm³/mol. The SMILES string of the molecule is CC1CCC(CN)(C(O)c2ccc(Br)c3cccnc23)C1. The van der Waals surface area contributed by atoms with E-state index in [1.807, 2.05) is 24.3 Å². The van der Waals surface area contributed by atoms with Gasteiger partial charge in [0.25, 0.3) is 0 Å². The number of halogens is 1. The van der Waals surface area contributed by atoms with Gasteiger partial charge in [-0.3, -0.25) is 4.98 Å². The summed E-state index contributed by atoms with van der Waals surface area (Å²) in [7, 11) is 0. The van der Waals surface area contributed by atoms with Crippen molar-refractivity contribution < 1.29 is 5.11 Å². The zero-order valence-corrected chi connectivity index (χ0v) is 13.8. The molecule has 0 spiro atoms. The first kappa shape index (κ1) is 14.9. The molecular weight excluding hydrogens is 328 g/mol. The molecule has 0 bridgehead atoms. The van der Waals surface area contributed by atoms with Crippen molar-refractivity contribution in [2.45, 2.75) is 32.3 Å². The summed E-state index contributed by atoms with van der Waals surface area (Å²) < 4.78 is 1.00. The average molecular weight is 349 g/mol. The maximum absolute atomic E-state index is 11.0. The summed E-state index contributed by atoms with van der Waals surface area (Å²) in [6.45, 7) is 2.75. The molecule has 3 N–H and O–H groups in total. The van der Waals surface area contributed by atoms with Crippen LogP contribution in [0.4, 0.5) is 0 Å². The highest BCUT2D eigenvalue weighted by atomic mass is 79.9. The summed E-state index contributed by atoms with van der Waals surface area (Å²) >= 11 is 3.56. The first-order valence-corrected chi connectivity index (χ1v) is 8.28. The second kappa shape index (κ2) is 5.67. The van der Waals surface area contributed by atoms with Crippen LogP contribution in [0, 0.1) is 11.3 Å². The Morgan fingerprint density at radius 1 is 1.48 bits per heavy atom. The molecule has 3 atom stereocenters. The van der Waals surface area contributed by atoms with Gasteiger partial charge < -0.3 is 10.8 Å². The predicted octanol–water partition coefficient (Wildman–Crippen LogP) is 3.80. The zero-order chi connectivity index (χ0) is 15.0. The van der Waals surface area contributed by atoms with Gasteiger partial charge in [-0.1, -0.05) is 41.4 Å².